The summed E-state index contributed by atoms with van der Waals surface area (Å²) in [6, 6.07) is 0. The molecule has 1 aliphatic rings. The Balaban J connectivity index is 2.54. The average Bonchev–Trinajstić information content (AvgIpc) is 1.98. The minimum atomic E-state index is 0.208. The first-order valence-corrected chi connectivity index (χ1v) is 3.86. The van der Waals surface area contributed by atoms with Gasteiger partial charge >= 0.3 is 0 Å². The maximum Gasteiger partial charge on any atom is 0.0717 e. The van der Waals surface area contributed by atoms with Crippen LogP contribution in [0.5, 0.6) is 0 Å². The highest BCUT2D eigenvalue weighted by atomic mass is 35.5. The Labute approximate surface area is 61.3 Å². The molecule has 4 atom stereocenters. The van der Waals surface area contributed by atoms with Gasteiger partial charge in [0.2, 0.25) is 0 Å². The van der Waals surface area contributed by atoms with Crippen LogP contribution in [-0.4, -0.2) is 17.6 Å². The highest BCUT2D eigenvalue weighted by Gasteiger charge is 2.34. The van der Waals surface area contributed by atoms with E-state index in [9.17, 15) is 0 Å². The summed E-state index contributed by atoms with van der Waals surface area (Å²) >= 11 is 5.98. The van der Waals surface area contributed by atoms with E-state index in [2.05, 4.69) is 13.8 Å². The molecule has 0 aliphatic carbocycles. The molecule has 0 unspecified atom stereocenters. The zero-order chi connectivity index (χ0) is 7.02. The van der Waals surface area contributed by atoms with E-state index < -0.39 is 0 Å². The minimum Gasteiger partial charge on any atom is -0.374 e. The van der Waals surface area contributed by atoms with Crippen LogP contribution in [-0.2, 0) is 4.74 Å². The first-order valence-electron chi connectivity index (χ1n) is 3.42. The van der Waals surface area contributed by atoms with Gasteiger partial charge in [-0.05, 0) is 13.8 Å². The highest BCUT2D eigenvalue weighted by molar-refractivity contribution is 6.21. The molecule has 1 heterocycles. The van der Waals surface area contributed by atoms with Crippen LogP contribution in [0.2, 0.25) is 0 Å². The van der Waals surface area contributed by atoms with Gasteiger partial charge in [-0.15, -0.1) is 11.6 Å². The van der Waals surface area contributed by atoms with Gasteiger partial charge in [0.05, 0.1) is 17.6 Å². The summed E-state index contributed by atoms with van der Waals surface area (Å²) in [5.74, 6) is 0.502. The molecule has 1 nitrogen and oxygen atoms in total. The van der Waals surface area contributed by atoms with E-state index in [1.165, 1.54) is 0 Å². The highest BCUT2D eigenvalue weighted by Crippen LogP contribution is 2.29. The number of ether oxygens (including phenoxy) is 1. The van der Waals surface area contributed by atoms with E-state index in [1.54, 1.807) is 0 Å². The van der Waals surface area contributed by atoms with Gasteiger partial charge in [-0.3, -0.25) is 0 Å². The summed E-state index contributed by atoms with van der Waals surface area (Å²) in [5.41, 5.74) is 0. The molecule has 0 radical (unpaired) electrons. The van der Waals surface area contributed by atoms with Crippen LogP contribution in [0.25, 0.3) is 0 Å². The fourth-order valence-corrected chi connectivity index (χ4v) is 1.49. The minimum absolute atomic E-state index is 0.208. The number of hydrogen-bond acceptors (Lipinski definition) is 1. The third-order valence-electron chi connectivity index (χ3n) is 2.12. The molecule has 1 fully saturated rings. The Kier molecular flexibility index (Phi) is 2.02. The molecular formula is C7H13ClO. The molecule has 0 amide bonds. The second kappa shape index (κ2) is 2.47. The Hall–Kier alpha value is 0.250. The predicted molar refractivity (Wildman–Crippen MR) is 38.8 cm³/mol. The van der Waals surface area contributed by atoms with E-state index in [4.69, 9.17) is 16.3 Å². The number of rotatable bonds is 0. The fourth-order valence-electron chi connectivity index (χ4n) is 1.22. The maximum atomic E-state index is 5.98. The summed E-state index contributed by atoms with van der Waals surface area (Å²) in [6.07, 6.45) is 0.569. The summed E-state index contributed by atoms with van der Waals surface area (Å²) in [6.45, 7) is 6.23. The quantitative estimate of drug-likeness (QED) is 0.478. The van der Waals surface area contributed by atoms with Crippen LogP contribution in [0.1, 0.15) is 20.8 Å². The molecule has 0 saturated carbocycles. The van der Waals surface area contributed by atoms with Crippen molar-refractivity contribution in [3.63, 3.8) is 0 Å². The molecule has 2 heteroatoms. The van der Waals surface area contributed by atoms with E-state index in [0.717, 1.165) is 0 Å². The van der Waals surface area contributed by atoms with Gasteiger partial charge in [-0.25, -0.2) is 0 Å². The molecule has 0 aromatic heterocycles. The normalized spacial score (nSPS) is 52.0. The topological polar surface area (TPSA) is 9.23 Å². The number of hydrogen-bond donors (Lipinski definition) is 0. The molecule has 1 rings (SSSR count). The van der Waals surface area contributed by atoms with Crippen molar-refractivity contribution in [1.29, 1.82) is 0 Å². The van der Waals surface area contributed by atoms with Crippen LogP contribution in [0.4, 0.5) is 0 Å². The standard InChI is InChI=1S/C7H13ClO/c1-4-5(2)9-6(3)7(4)8/h4-7H,1-3H3/t4-,5-,6+,7-/m0/s1. The van der Waals surface area contributed by atoms with Crippen molar-refractivity contribution in [1.82, 2.24) is 0 Å². The van der Waals surface area contributed by atoms with Crippen LogP contribution in [0.15, 0.2) is 0 Å². The summed E-state index contributed by atoms with van der Waals surface area (Å²) in [7, 11) is 0. The molecule has 1 aliphatic heterocycles. The lowest BCUT2D eigenvalue weighted by Gasteiger charge is -2.08. The molecule has 1 saturated heterocycles. The van der Waals surface area contributed by atoms with Gasteiger partial charge in [-0.2, -0.15) is 0 Å². The number of halogens is 1. The molecule has 0 N–H and O–H groups in total. The van der Waals surface area contributed by atoms with Crippen molar-refractivity contribution >= 4 is 11.6 Å². The molecule has 54 valence electrons. The van der Waals surface area contributed by atoms with Gasteiger partial charge in [0.25, 0.3) is 0 Å². The van der Waals surface area contributed by atoms with E-state index in [1.807, 2.05) is 6.92 Å². The molecule has 0 spiro atoms. The van der Waals surface area contributed by atoms with Gasteiger partial charge < -0.3 is 4.74 Å². The van der Waals surface area contributed by atoms with Gasteiger partial charge in [0, 0.05) is 5.92 Å². The Morgan fingerprint density at radius 1 is 1.11 bits per heavy atom. The van der Waals surface area contributed by atoms with Crippen LogP contribution >= 0.6 is 11.6 Å². The van der Waals surface area contributed by atoms with Crippen molar-refractivity contribution in [2.45, 2.75) is 38.4 Å². The molecule has 0 aromatic rings. The van der Waals surface area contributed by atoms with E-state index in [0.29, 0.717) is 12.0 Å². The first-order chi connectivity index (χ1) is 4.13. The Bertz CT molecular complexity index is 93.1. The Morgan fingerprint density at radius 3 is 1.78 bits per heavy atom. The van der Waals surface area contributed by atoms with Crippen molar-refractivity contribution in [2.24, 2.45) is 5.92 Å². The average molecular weight is 149 g/mol. The van der Waals surface area contributed by atoms with Crippen LogP contribution < -0.4 is 0 Å². The van der Waals surface area contributed by atoms with Crippen molar-refractivity contribution < 1.29 is 4.74 Å². The van der Waals surface area contributed by atoms with Gasteiger partial charge in [0.15, 0.2) is 0 Å². The van der Waals surface area contributed by atoms with Crippen molar-refractivity contribution in [3.05, 3.63) is 0 Å². The van der Waals surface area contributed by atoms with Crippen LogP contribution in [0.3, 0.4) is 0 Å². The second-order valence-electron chi connectivity index (χ2n) is 2.85. The molecule has 0 bridgehead atoms. The SMILES string of the molecule is C[C@@H]1[C@H](Cl)[C@@H](C)O[C@H]1C. The fraction of sp³-hybridized carbons (Fsp3) is 1.00. The lowest BCUT2D eigenvalue weighted by molar-refractivity contribution is 0.0584. The van der Waals surface area contributed by atoms with Crippen molar-refractivity contribution in [2.75, 3.05) is 0 Å². The van der Waals surface area contributed by atoms with E-state index >= 15 is 0 Å². The number of alkyl halides is 1. The summed E-state index contributed by atoms with van der Waals surface area (Å²) in [4.78, 5) is 0. The monoisotopic (exact) mass is 148 g/mol. The van der Waals surface area contributed by atoms with Gasteiger partial charge in [-0.1, -0.05) is 6.92 Å². The maximum absolute atomic E-state index is 5.98. The lowest BCUT2D eigenvalue weighted by atomic mass is 10.0. The first kappa shape index (κ1) is 7.36. The largest absolute Gasteiger partial charge is 0.374 e. The smallest absolute Gasteiger partial charge is 0.0717 e. The predicted octanol–water partition coefficient (Wildman–Crippen LogP) is 2.04. The lowest BCUT2D eigenvalue weighted by Crippen LogP contribution is -2.16. The van der Waals surface area contributed by atoms with Crippen LogP contribution in [0, 0.1) is 5.92 Å². The molecular weight excluding hydrogens is 136 g/mol. The zero-order valence-electron chi connectivity index (χ0n) is 6.10. The van der Waals surface area contributed by atoms with Crippen molar-refractivity contribution in [3.8, 4) is 0 Å². The second-order valence-corrected chi connectivity index (χ2v) is 3.35. The molecule has 0 aromatic carbocycles. The third-order valence-corrected chi connectivity index (χ3v) is 2.87. The van der Waals surface area contributed by atoms with E-state index in [-0.39, 0.29) is 11.5 Å². The van der Waals surface area contributed by atoms with Gasteiger partial charge in [0.1, 0.15) is 0 Å². The Morgan fingerprint density at radius 2 is 1.67 bits per heavy atom. The third kappa shape index (κ3) is 1.22. The summed E-state index contributed by atoms with van der Waals surface area (Å²) < 4.78 is 5.45. The zero-order valence-corrected chi connectivity index (χ0v) is 6.85. The molecule has 9 heavy (non-hydrogen) atoms. The summed E-state index contributed by atoms with van der Waals surface area (Å²) in [5, 5.41) is 0.208.